The van der Waals surface area contributed by atoms with Crippen LogP contribution in [0.1, 0.15) is 5.56 Å². The maximum atomic E-state index is 13.5. The van der Waals surface area contributed by atoms with Gasteiger partial charge in [-0.25, -0.2) is 4.98 Å². The van der Waals surface area contributed by atoms with Gasteiger partial charge in [0.2, 0.25) is 0 Å². The number of aromatic nitrogens is 3. The van der Waals surface area contributed by atoms with Gasteiger partial charge >= 0.3 is 6.36 Å². The molecule has 2 heterocycles. The molecule has 0 radical (unpaired) electrons. The van der Waals surface area contributed by atoms with Crippen molar-refractivity contribution in [2.45, 2.75) is 17.3 Å². The maximum absolute atomic E-state index is 13.5. The summed E-state index contributed by atoms with van der Waals surface area (Å²) in [6.07, 6.45) is -4.80. The Kier molecular flexibility index (Phi) is 5.75. The molecule has 0 aliphatic carbocycles. The lowest BCUT2D eigenvalue weighted by molar-refractivity contribution is -0.274. The minimum atomic E-state index is -4.80. The molecule has 0 atom stereocenters. The Bertz CT molecular complexity index is 1550. The number of hydrogen-bond acceptors (Lipinski definition) is 4. The lowest BCUT2D eigenvalue weighted by Gasteiger charge is -2.13. The van der Waals surface area contributed by atoms with Gasteiger partial charge in [0.25, 0.3) is 5.56 Å². The van der Waals surface area contributed by atoms with E-state index in [0.29, 0.717) is 32.7 Å². The third kappa shape index (κ3) is 4.49. The summed E-state index contributed by atoms with van der Waals surface area (Å²) in [5.41, 5.74) is 2.60. The summed E-state index contributed by atoms with van der Waals surface area (Å²) < 4.78 is 43.0. The highest BCUT2D eigenvalue weighted by Crippen LogP contribution is 2.29. The van der Waals surface area contributed by atoms with E-state index in [2.05, 4.69) is 9.72 Å². The van der Waals surface area contributed by atoms with Gasteiger partial charge in [-0.15, -0.1) is 13.2 Å². The molecule has 5 nitrogen and oxygen atoms in total. The first kappa shape index (κ1) is 22.4. The van der Waals surface area contributed by atoms with Crippen molar-refractivity contribution in [3.8, 4) is 11.4 Å². The first-order valence-corrected chi connectivity index (χ1v) is 11.4. The lowest BCUT2D eigenvalue weighted by Crippen LogP contribution is -2.22. The fraction of sp³-hybridized carbons (Fsp3) is 0.0833. The third-order valence-corrected chi connectivity index (χ3v) is 6.37. The predicted octanol–water partition coefficient (Wildman–Crippen LogP) is 6.71. The Balaban J connectivity index is 1.62. The van der Waals surface area contributed by atoms with Crippen LogP contribution in [0.25, 0.3) is 27.6 Å². The van der Waals surface area contributed by atoms with Gasteiger partial charge in [0.15, 0.2) is 5.16 Å². The molecule has 0 aliphatic heterocycles. The smallest absolute Gasteiger partial charge is 0.406 e. The van der Waals surface area contributed by atoms with Gasteiger partial charge in [-0.3, -0.25) is 9.36 Å². The van der Waals surface area contributed by atoms with E-state index < -0.39 is 6.36 Å². The van der Waals surface area contributed by atoms with E-state index in [1.54, 1.807) is 12.1 Å². The standard InChI is InChI=1S/C24H15ClF3N3O2S/c25-15-7-5-14(6-8-15)13-34-23-30-20-18-3-1-2-4-19(18)29-21(20)22(32)31(23)16-9-11-17(12-10-16)33-24(26,27)28/h1-12,29H,13H2. The van der Waals surface area contributed by atoms with Crippen LogP contribution in [-0.4, -0.2) is 20.9 Å². The molecule has 1 N–H and O–H groups in total. The number of benzene rings is 3. The molecule has 0 aliphatic rings. The Morgan fingerprint density at radius 1 is 1.00 bits per heavy atom. The first-order chi connectivity index (χ1) is 16.3. The van der Waals surface area contributed by atoms with Gasteiger partial charge in [0, 0.05) is 21.7 Å². The largest absolute Gasteiger partial charge is 0.573 e. The molecular weight excluding hydrogens is 487 g/mol. The normalized spacial score (nSPS) is 11.9. The summed E-state index contributed by atoms with van der Waals surface area (Å²) in [7, 11) is 0. The van der Waals surface area contributed by atoms with Crippen molar-refractivity contribution in [1.82, 2.24) is 14.5 Å². The number of nitrogens with zero attached hydrogens (tertiary/aromatic N) is 2. The molecule has 0 fully saturated rings. The Morgan fingerprint density at radius 3 is 2.41 bits per heavy atom. The molecule has 10 heteroatoms. The van der Waals surface area contributed by atoms with E-state index in [0.717, 1.165) is 28.6 Å². The number of alkyl halides is 3. The summed E-state index contributed by atoms with van der Waals surface area (Å²) in [5, 5.41) is 1.83. The Hall–Kier alpha value is -3.43. The molecule has 0 spiro atoms. The van der Waals surface area contributed by atoms with Gasteiger partial charge in [0.05, 0.1) is 5.69 Å². The molecule has 5 aromatic rings. The average Bonchev–Trinajstić information content (AvgIpc) is 3.18. The van der Waals surface area contributed by atoms with Crippen LogP contribution in [0.15, 0.2) is 82.7 Å². The molecule has 0 saturated carbocycles. The summed E-state index contributed by atoms with van der Waals surface area (Å²) in [6, 6.07) is 19.9. The number of para-hydroxylation sites is 1. The molecule has 34 heavy (non-hydrogen) atoms. The molecule has 3 aromatic carbocycles. The highest BCUT2D eigenvalue weighted by Gasteiger charge is 2.31. The van der Waals surface area contributed by atoms with E-state index >= 15 is 0 Å². The van der Waals surface area contributed by atoms with Gasteiger partial charge in [-0.1, -0.05) is 53.7 Å². The average molecular weight is 502 g/mol. The van der Waals surface area contributed by atoms with Crippen molar-refractivity contribution in [3.05, 3.63) is 93.7 Å². The maximum Gasteiger partial charge on any atom is 0.573 e. The summed E-state index contributed by atoms with van der Waals surface area (Å²) in [5.74, 6) is 0.131. The molecule has 0 amide bonds. The zero-order valence-corrected chi connectivity index (χ0v) is 18.8. The monoisotopic (exact) mass is 501 g/mol. The fourth-order valence-corrected chi connectivity index (χ4v) is 4.68. The van der Waals surface area contributed by atoms with Gasteiger partial charge in [0.1, 0.15) is 16.8 Å². The Morgan fingerprint density at radius 2 is 1.71 bits per heavy atom. The zero-order chi connectivity index (χ0) is 23.9. The number of halogens is 4. The first-order valence-electron chi connectivity index (χ1n) is 10.1. The molecule has 0 unspecified atom stereocenters. The Labute approximate surface area is 200 Å². The topological polar surface area (TPSA) is 59.9 Å². The number of fused-ring (bicyclic) bond motifs is 3. The number of hydrogen-bond donors (Lipinski definition) is 1. The molecule has 5 rings (SSSR count). The molecule has 0 bridgehead atoms. The minimum absolute atomic E-state index is 0.313. The van der Waals surface area contributed by atoms with Gasteiger partial charge in [-0.2, -0.15) is 0 Å². The molecule has 2 aromatic heterocycles. The molecule has 0 saturated heterocycles. The summed E-state index contributed by atoms with van der Waals surface area (Å²) in [6.45, 7) is 0. The lowest BCUT2D eigenvalue weighted by atomic mass is 10.2. The highest BCUT2D eigenvalue weighted by atomic mass is 35.5. The van der Waals surface area contributed by atoms with Crippen LogP contribution in [0, 0.1) is 0 Å². The summed E-state index contributed by atoms with van der Waals surface area (Å²) >= 11 is 7.31. The summed E-state index contributed by atoms with van der Waals surface area (Å²) in [4.78, 5) is 21.4. The van der Waals surface area contributed by atoms with Crippen LogP contribution in [0.3, 0.4) is 0 Å². The van der Waals surface area contributed by atoms with Gasteiger partial charge < -0.3 is 9.72 Å². The number of ether oxygens (including phenoxy) is 1. The van der Waals surface area contributed by atoms with Crippen molar-refractivity contribution in [3.63, 3.8) is 0 Å². The van der Waals surface area contributed by atoms with Crippen LogP contribution in [0.2, 0.25) is 5.02 Å². The van der Waals surface area contributed by atoms with E-state index in [4.69, 9.17) is 16.6 Å². The second kappa shape index (κ2) is 8.73. The second-order valence-electron chi connectivity index (χ2n) is 7.39. The van der Waals surface area contributed by atoms with Crippen LogP contribution in [0.4, 0.5) is 13.2 Å². The van der Waals surface area contributed by atoms with Crippen LogP contribution < -0.4 is 10.3 Å². The fourth-order valence-electron chi connectivity index (χ4n) is 3.59. The van der Waals surface area contributed by atoms with Crippen LogP contribution in [-0.2, 0) is 5.75 Å². The molecule has 172 valence electrons. The molecular formula is C24H15ClF3N3O2S. The van der Waals surface area contributed by atoms with Crippen molar-refractivity contribution < 1.29 is 17.9 Å². The van der Waals surface area contributed by atoms with E-state index in [1.165, 1.54) is 28.5 Å². The number of thioether (sulfide) groups is 1. The van der Waals surface area contributed by atoms with E-state index in [-0.39, 0.29) is 11.3 Å². The number of aromatic amines is 1. The predicted molar refractivity (Wildman–Crippen MR) is 127 cm³/mol. The van der Waals surface area contributed by atoms with E-state index in [9.17, 15) is 18.0 Å². The van der Waals surface area contributed by atoms with Crippen molar-refractivity contribution in [2.24, 2.45) is 0 Å². The number of H-pyrrole nitrogens is 1. The van der Waals surface area contributed by atoms with Crippen molar-refractivity contribution >= 4 is 45.3 Å². The van der Waals surface area contributed by atoms with E-state index in [1.807, 2.05) is 36.4 Å². The number of nitrogens with one attached hydrogen (secondary N) is 1. The minimum Gasteiger partial charge on any atom is -0.406 e. The SMILES string of the molecule is O=c1c2[nH]c3ccccc3c2nc(SCc2ccc(Cl)cc2)n1-c1ccc(OC(F)(F)F)cc1. The second-order valence-corrected chi connectivity index (χ2v) is 8.76. The quantitative estimate of drug-likeness (QED) is 0.215. The highest BCUT2D eigenvalue weighted by molar-refractivity contribution is 7.98. The van der Waals surface area contributed by atoms with Crippen LogP contribution >= 0.6 is 23.4 Å². The zero-order valence-electron chi connectivity index (χ0n) is 17.3. The van der Waals surface area contributed by atoms with Crippen LogP contribution in [0.5, 0.6) is 5.75 Å². The van der Waals surface area contributed by atoms with Crippen molar-refractivity contribution in [1.29, 1.82) is 0 Å². The van der Waals surface area contributed by atoms with Crippen molar-refractivity contribution in [2.75, 3.05) is 0 Å². The number of rotatable bonds is 5. The third-order valence-electron chi connectivity index (χ3n) is 5.10. The van der Waals surface area contributed by atoms with Gasteiger partial charge in [-0.05, 0) is 48.0 Å².